The molecule has 18 heavy (non-hydrogen) atoms. The van der Waals surface area contributed by atoms with E-state index in [9.17, 15) is 0 Å². The summed E-state index contributed by atoms with van der Waals surface area (Å²) < 4.78 is 2.94. The summed E-state index contributed by atoms with van der Waals surface area (Å²) in [7, 11) is 1.96. The molecule has 1 aliphatic carbocycles. The first-order valence-electron chi connectivity index (χ1n) is 6.86. The highest BCUT2D eigenvalue weighted by molar-refractivity contribution is 9.10. The van der Waals surface area contributed by atoms with Gasteiger partial charge in [0.25, 0.3) is 0 Å². The van der Waals surface area contributed by atoms with Crippen molar-refractivity contribution in [2.75, 3.05) is 0 Å². The molecule has 1 aromatic heterocycles. The second kappa shape index (κ2) is 6.68. The summed E-state index contributed by atoms with van der Waals surface area (Å²) in [6.45, 7) is 0. The van der Waals surface area contributed by atoms with E-state index in [2.05, 4.69) is 26.5 Å². The van der Waals surface area contributed by atoms with Gasteiger partial charge < -0.3 is 0 Å². The van der Waals surface area contributed by atoms with Gasteiger partial charge in [0.1, 0.15) is 0 Å². The van der Waals surface area contributed by atoms with Crippen molar-refractivity contribution in [3.63, 3.8) is 0 Å². The van der Waals surface area contributed by atoms with Crippen molar-refractivity contribution in [1.82, 2.24) is 15.2 Å². The SMILES string of the molecule is Cn1ncc(Br)c1C(CCC1CCCCC1)NN. The van der Waals surface area contributed by atoms with Gasteiger partial charge in [-0.15, -0.1) is 0 Å². The van der Waals surface area contributed by atoms with Gasteiger partial charge in [0.15, 0.2) is 0 Å². The minimum Gasteiger partial charge on any atom is -0.271 e. The zero-order chi connectivity index (χ0) is 13.0. The monoisotopic (exact) mass is 314 g/mol. The minimum atomic E-state index is 0.189. The number of hydrogen-bond acceptors (Lipinski definition) is 3. The smallest absolute Gasteiger partial charge is 0.0705 e. The van der Waals surface area contributed by atoms with Crippen LogP contribution in [-0.2, 0) is 7.05 Å². The van der Waals surface area contributed by atoms with E-state index >= 15 is 0 Å². The topological polar surface area (TPSA) is 55.9 Å². The second-order valence-corrected chi connectivity index (χ2v) is 6.16. The molecule has 0 amide bonds. The third kappa shape index (κ3) is 3.33. The Balaban J connectivity index is 1.93. The molecule has 1 aromatic rings. The Labute approximate surface area is 117 Å². The number of nitrogens with zero attached hydrogens (tertiary/aromatic N) is 2. The molecule has 0 aromatic carbocycles. The van der Waals surface area contributed by atoms with E-state index < -0.39 is 0 Å². The predicted molar refractivity (Wildman–Crippen MR) is 76.8 cm³/mol. The molecule has 1 fully saturated rings. The van der Waals surface area contributed by atoms with Crippen LogP contribution in [0.3, 0.4) is 0 Å². The Bertz CT molecular complexity index is 352. The number of nitrogens with one attached hydrogen (secondary N) is 1. The Kier molecular flexibility index (Phi) is 5.21. The summed E-state index contributed by atoms with van der Waals surface area (Å²) in [6.07, 6.45) is 11.2. The number of rotatable bonds is 5. The van der Waals surface area contributed by atoms with Crippen molar-refractivity contribution < 1.29 is 0 Å². The molecule has 1 unspecified atom stereocenters. The highest BCUT2D eigenvalue weighted by Gasteiger charge is 2.20. The lowest BCUT2D eigenvalue weighted by atomic mass is 9.85. The van der Waals surface area contributed by atoms with E-state index in [0.29, 0.717) is 0 Å². The molecular formula is C13H23BrN4. The van der Waals surface area contributed by atoms with Gasteiger partial charge in [-0.25, -0.2) is 0 Å². The van der Waals surface area contributed by atoms with Crippen LogP contribution in [0, 0.1) is 5.92 Å². The van der Waals surface area contributed by atoms with Crippen molar-refractivity contribution in [3.05, 3.63) is 16.4 Å². The van der Waals surface area contributed by atoms with Crippen molar-refractivity contribution >= 4 is 15.9 Å². The van der Waals surface area contributed by atoms with Gasteiger partial charge in [0.2, 0.25) is 0 Å². The molecular weight excluding hydrogens is 292 g/mol. The van der Waals surface area contributed by atoms with E-state index in [1.807, 2.05) is 17.9 Å². The molecule has 3 N–H and O–H groups in total. The van der Waals surface area contributed by atoms with E-state index in [0.717, 1.165) is 22.5 Å². The van der Waals surface area contributed by atoms with Crippen molar-refractivity contribution in [2.45, 2.75) is 51.0 Å². The standard InChI is InChI=1S/C13H23BrN4/c1-18-13(11(14)9-16-18)12(17-15)8-7-10-5-3-2-4-6-10/h9-10,12,17H,2-8,15H2,1H3. The van der Waals surface area contributed by atoms with E-state index in [1.54, 1.807) is 0 Å². The van der Waals surface area contributed by atoms with Gasteiger partial charge in [0, 0.05) is 7.05 Å². The third-order valence-electron chi connectivity index (χ3n) is 4.06. The van der Waals surface area contributed by atoms with Crippen LogP contribution in [0.1, 0.15) is 56.7 Å². The summed E-state index contributed by atoms with van der Waals surface area (Å²) in [5, 5.41) is 4.25. The quantitative estimate of drug-likeness (QED) is 0.648. The maximum Gasteiger partial charge on any atom is 0.0705 e. The second-order valence-electron chi connectivity index (χ2n) is 5.30. The number of aromatic nitrogens is 2. The van der Waals surface area contributed by atoms with Crippen LogP contribution in [0.4, 0.5) is 0 Å². The first-order chi connectivity index (χ1) is 8.72. The van der Waals surface area contributed by atoms with Crippen molar-refractivity contribution in [3.8, 4) is 0 Å². The molecule has 1 aliphatic rings. The Morgan fingerprint density at radius 2 is 2.22 bits per heavy atom. The Hall–Kier alpha value is -0.390. The highest BCUT2D eigenvalue weighted by atomic mass is 79.9. The van der Waals surface area contributed by atoms with Gasteiger partial charge in [-0.05, 0) is 34.7 Å². The fourth-order valence-electron chi connectivity index (χ4n) is 2.99. The average molecular weight is 315 g/mol. The lowest BCUT2D eigenvalue weighted by Crippen LogP contribution is -2.30. The Morgan fingerprint density at radius 3 is 2.78 bits per heavy atom. The first-order valence-corrected chi connectivity index (χ1v) is 7.65. The number of nitrogens with two attached hydrogens (primary N) is 1. The van der Waals surface area contributed by atoms with Gasteiger partial charge in [-0.3, -0.25) is 16.0 Å². The van der Waals surface area contributed by atoms with Gasteiger partial charge in [0.05, 0.1) is 22.4 Å². The molecule has 1 atom stereocenters. The van der Waals surface area contributed by atoms with E-state index in [-0.39, 0.29) is 6.04 Å². The first kappa shape index (κ1) is 14.0. The molecule has 5 heteroatoms. The summed E-state index contributed by atoms with van der Waals surface area (Å²) in [4.78, 5) is 0. The summed E-state index contributed by atoms with van der Waals surface area (Å²) >= 11 is 3.55. The summed E-state index contributed by atoms with van der Waals surface area (Å²) in [5.41, 5.74) is 4.08. The molecule has 1 heterocycles. The van der Waals surface area contributed by atoms with Crippen LogP contribution in [0.5, 0.6) is 0 Å². The molecule has 4 nitrogen and oxygen atoms in total. The van der Waals surface area contributed by atoms with Crippen LogP contribution in [0.25, 0.3) is 0 Å². The van der Waals surface area contributed by atoms with Crippen molar-refractivity contribution in [2.24, 2.45) is 18.8 Å². The Morgan fingerprint density at radius 1 is 1.50 bits per heavy atom. The van der Waals surface area contributed by atoms with Crippen LogP contribution in [0.15, 0.2) is 10.7 Å². The molecule has 0 radical (unpaired) electrons. The average Bonchev–Trinajstić information content (AvgIpc) is 2.73. The molecule has 1 saturated carbocycles. The van der Waals surface area contributed by atoms with Gasteiger partial charge in [-0.2, -0.15) is 5.10 Å². The van der Waals surface area contributed by atoms with Crippen LogP contribution in [0.2, 0.25) is 0 Å². The lowest BCUT2D eigenvalue weighted by molar-refractivity contribution is 0.311. The van der Waals surface area contributed by atoms with E-state index in [4.69, 9.17) is 5.84 Å². The summed E-state index contributed by atoms with van der Waals surface area (Å²) in [5.74, 6) is 6.60. The number of hydrogen-bond donors (Lipinski definition) is 2. The molecule has 0 aliphatic heterocycles. The van der Waals surface area contributed by atoms with Gasteiger partial charge >= 0.3 is 0 Å². The highest BCUT2D eigenvalue weighted by Crippen LogP contribution is 2.31. The molecule has 102 valence electrons. The fourth-order valence-corrected chi connectivity index (χ4v) is 3.61. The van der Waals surface area contributed by atoms with E-state index in [1.165, 1.54) is 38.5 Å². The zero-order valence-corrected chi connectivity index (χ0v) is 12.6. The molecule has 2 rings (SSSR count). The lowest BCUT2D eigenvalue weighted by Gasteiger charge is -2.24. The van der Waals surface area contributed by atoms with Crippen LogP contribution in [-0.4, -0.2) is 9.78 Å². The maximum atomic E-state index is 5.71. The predicted octanol–water partition coefficient (Wildman–Crippen LogP) is 3.05. The normalized spacial score (nSPS) is 19.1. The van der Waals surface area contributed by atoms with Crippen LogP contribution < -0.4 is 11.3 Å². The molecule has 0 saturated heterocycles. The molecule has 0 bridgehead atoms. The largest absolute Gasteiger partial charge is 0.271 e. The molecule has 0 spiro atoms. The van der Waals surface area contributed by atoms with Gasteiger partial charge in [-0.1, -0.05) is 32.1 Å². The minimum absolute atomic E-state index is 0.189. The zero-order valence-electron chi connectivity index (χ0n) is 11.0. The van der Waals surface area contributed by atoms with Crippen LogP contribution >= 0.6 is 15.9 Å². The third-order valence-corrected chi connectivity index (χ3v) is 4.67. The summed E-state index contributed by atoms with van der Waals surface area (Å²) in [6, 6.07) is 0.189. The van der Waals surface area contributed by atoms with Crippen molar-refractivity contribution in [1.29, 1.82) is 0 Å². The fraction of sp³-hybridized carbons (Fsp3) is 0.769. The maximum absolute atomic E-state index is 5.71. The number of hydrazine groups is 1. The number of halogens is 1. The number of aryl methyl sites for hydroxylation is 1.